The van der Waals surface area contributed by atoms with Gasteiger partial charge in [0, 0.05) is 23.2 Å². The van der Waals surface area contributed by atoms with Gasteiger partial charge in [0.05, 0.1) is 25.1 Å². The number of nitrogens with zero attached hydrogens (tertiary/aromatic N) is 3. The van der Waals surface area contributed by atoms with Crippen LogP contribution in [0, 0.1) is 0 Å². The van der Waals surface area contributed by atoms with E-state index in [9.17, 15) is 14.7 Å². The minimum Gasteiger partial charge on any atom is -0.508 e. The number of benzene rings is 1. The minimum absolute atomic E-state index is 0.0378. The van der Waals surface area contributed by atoms with Crippen molar-refractivity contribution in [3.8, 4) is 5.75 Å². The fraction of sp³-hybridized carbons (Fsp3) is 0.250. The van der Waals surface area contributed by atoms with E-state index in [1.165, 1.54) is 17.0 Å². The van der Waals surface area contributed by atoms with Gasteiger partial charge in [-0.05, 0) is 36.1 Å². The lowest BCUT2D eigenvalue weighted by Crippen LogP contribution is -2.46. The van der Waals surface area contributed by atoms with Crippen LogP contribution in [0.4, 0.5) is 0 Å². The molecule has 1 aromatic carbocycles. The van der Waals surface area contributed by atoms with Gasteiger partial charge in [0.2, 0.25) is 5.91 Å². The lowest BCUT2D eigenvalue weighted by Gasteiger charge is -2.33. The van der Waals surface area contributed by atoms with Crippen molar-refractivity contribution < 1.29 is 14.7 Å². The quantitative estimate of drug-likeness (QED) is 0.692. The number of carbonyl (C=O) groups is 2. The Morgan fingerprint density at radius 3 is 2.96 bits per heavy atom. The van der Waals surface area contributed by atoms with E-state index in [0.29, 0.717) is 18.7 Å². The SMILES string of the molecule is O=C(NCCc1cccs1)[C@H]1CN(C(=O)c2cccc(O)c2)Cc2cncn21. The molecule has 0 bridgehead atoms. The summed E-state index contributed by atoms with van der Waals surface area (Å²) in [6.45, 7) is 1.16. The van der Waals surface area contributed by atoms with Crippen LogP contribution in [0.5, 0.6) is 5.75 Å². The molecule has 144 valence electrons. The standard InChI is InChI=1S/C20H20N4O3S/c25-16-4-1-3-14(9-16)20(27)23-11-15-10-21-13-24(15)18(12-23)19(26)22-7-6-17-5-2-8-28-17/h1-5,8-10,13,18,25H,6-7,11-12H2,(H,22,26)/t18-/m1/s1. The average Bonchev–Trinajstić information content (AvgIpc) is 3.38. The molecule has 2 aromatic heterocycles. The van der Waals surface area contributed by atoms with Crippen LogP contribution in [0.3, 0.4) is 0 Å². The Morgan fingerprint density at radius 2 is 2.18 bits per heavy atom. The lowest BCUT2D eigenvalue weighted by atomic mass is 10.1. The van der Waals surface area contributed by atoms with Crippen molar-refractivity contribution in [2.24, 2.45) is 0 Å². The van der Waals surface area contributed by atoms with Crippen LogP contribution in [0.25, 0.3) is 0 Å². The zero-order valence-electron chi connectivity index (χ0n) is 15.1. The summed E-state index contributed by atoms with van der Waals surface area (Å²) in [5, 5.41) is 14.6. The van der Waals surface area contributed by atoms with Crippen LogP contribution < -0.4 is 5.32 Å². The Bertz CT molecular complexity index is 983. The largest absolute Gasteiger partial charge is 0.508 e. The molecule has 3 heterocycles. The molecule has 0 unspecified atom stereocenters. The van der Waals surface area contributed by atoms with Crippen molar-refractivity contribution in [1.29, 1.82) is 0 Å². The number of phenols is 1. The van der Waals surface area contributed by atoms with Crippen molar-refractivity contribution in [2.45, 2.75) is 19.0 Å². The van der Waals surface area contributed by atoms with Crippen LogP contribution in [0.15, 0.2) is 54.3 Å². The zero-order chi connectivity index (χ0) is 19.5. The monoisotopic (exact) mass is 396 g/mol. The number of phenolic OH excluding ortho intramolecular Hbond substituents is 1. The number of hydrogen-bond acceptors (Lipinski definition) is 5. The molecule has 0 saturated heterocycles. The first-order valence-electron chi connectivity index (χ1n) is 9.01. The van der Waals surface area contributed by atoms with E-state index in [0.717, 1.165) is 12.1 Å². The van der Waals surface area contributed by atoms with Gasteiger partial charge in [-0.2, -0.15) is 0 Å². The highest BCUT2D eigenvalue weighted by Gasteiger charge is 2.32. The first-order chi connectivity index (χ1) is 13.6. The molecule has 3 aromatic rings. The van der Waals surface area contributed by atoms with Crippen LogP contribution in [-0.4, -0.2) is 44.5 Å². The summed E-state index contributed by atoms with van der Waals surface area (Å²) >= 11 is 1.66. The van der Waals surface area contributed by atoms with Crippen molar-refractivity contribution >= 4 is 23.2 Å². The Labute approximate surface area is 166 Å². The zero-order valence-corrected chi connectivity index (χ0v) is 15.9. The predicted octanol–water partition coefficient (Wildman–Crippen LogP) is 2.21. The molecule has 2 N–H and O–H groups in total. The number of amides is 2. The fourth-order valence-electron chi connectivity index (χ4n) is 3.36. The molecule has 0 spiro atoms. The first-order valence-corrected chi connectivity index (χ1v) is 9.89. The Balaban J connectivity index is 1.47. The van der Waals surface area contributed by atoms with Crippen molar-refractivity contribution in [3.63, 3.8) is 0 Å². The van der Waals surface area contributed by atoms with Gasteiger partial charge < -0.3 is 19.9 Å². The molecule has 28 heavy (non-hydrogen) atoms. The molecule has 2 amide bonds. The molecule has 1 atom stereocenters. The maximum absolute atomic E-state index is 12.9. The van der Waals surface area contributed by atoms with Crippen LogP contribution in [0.1, 0.15) is 27.0 Å². The number of hydrogen-bond donors (Lipinski definition) is 2. The van der Waals surface area contributed by atoms with Crippen LogP contribution in [0.2, 0.25) is 0 Å². The topological polar surface area (TPSA) is 87.5 Å². The van der Waals surface area contributed by atoms with Gasteiger partial charge in [-0.3, -0.25) is 9.59 Å². The molecule has 7 nitrogen and oxygen atoms in total. The number of nitrogens with one attached hydrogen (secondary N) is 1. The van der Waals surface area contributed by atoms with Crippen molar-refractivity contribution in [2.75, 3.05) is 13.1 Å². The van der Waals surface area contributed by atoms with E-state index in [4.69, 9.17) is 0 Å². The summed E-state index contributed by atoms with van der Waals surface area (Å²) in [5.74, 6) is -0.320. The molecule has 0 saturated carbocycles. The summed E-state index contributed by atoms with van der Waals surface area (Å²) < 4.78 is 1.83. The smallest absolute Gasteiger partial charge is 0.254 e. The molecular formula is C20H20N4O3S. The Hall–Kier alpha value is -3.13. The number of thiophene rings is 1. The summed E-state index contributed by atoms with van der Waals surface area (Å²) in [5.41, 5.74) is 1.20. The molecule has 0 aliphatic carbocycles. The number of fused-ring (bicyclic) bond motifs is 1. The number of rotatable bonds is 5. The fourth-order valence-corrected chi connectivity index (χ4v) is 4.07. The van der Waals surface area contributed by atoms with Gasteiger partial charge in [0.1, 0.15) is 11.8 Å². The van der Waals surface area contributed by atoms with Crippen molar-refractivity contribution in [1.82, 2.24) is 19.8 Å². The van der Waals surface area contributed by atoms with E-state index in [2.05, 4.69) is 10.3 Å². The Morgan fingerprint density at radius 1 is 1.29 bits per heavy atom. The second kappa shape index (κ2) is 7.85. The molecule has 0 fully saturated rings. The van der Waals surface area contributed by atoms with E-state index < -0.39 is 6.04 Å². The highest BCUT2D eigenvalue weighted by molar-refractivity contribution is 7.09. The first kappa shape index (κ1) is 18.2. The maximum atomic E-state index is 12.9. The van der Waals surface area contributed by atoms with E-state index >= 15 is 0 Å². The highest BCUT2D eigenvalue weighted by atomic mass is 32.1. The molecule has 8 heteroatoms. The second-order valence-electron chi connectivity index (χ2n) is 6.66. The van der Waals surface area contributed by atoms with E-state index in [1.54, 1.807) is 40.9 Å². The predicted molar refractivity (Wildman–Crippen MR) is 105 cm³/mol. The number of aromatic hydroxyl groups is 1. The minimum atomic E-state index is -0.532. The number of carbonyl (C=O) groups excluding carboxylic acids is 2. The molecule has 1 aliphatic heterocycles. The van der Waals surface area contributed by atoms with Gasteiger partial charge in [-0.25, -0.2) is 4.98 Å². The molecule has 4 rings (SSSR count). The normalized spacial score (nSPS) is 15.9. The number of aromatic nitrogens is 2. The van der Waals surface area contributed by atoms with E-state index in [1.807, 2.05) is 22.1 Å². The summed E-state index contributed by atoms with van der Waals surface area (Å²) in [7, 11) is 0. The lowest BCUT2D eigenvalue weighted by molar-refractivity contribution is -0.125. The molecular weight excluding hydrogens is 376 g/mol. The Kier molecular flexibility index (Phi) is 5.12. The second-order valence-corrected chi connectivity index (χ2v) is 7.70. The average molecular weight is 396 g/mol. The van der Waals surface area contributed by atoms with Crippen molar-refractivity contribution in [3.05, 3.63) is 70.4 Å². The van der Waals surface area contributed by atoms with Crippen LogP contribution >= 0.6 is 11.3 Å². The maximum Gasteiger partial charge on any atom is 0.254 e. The summed E-state index contributed by atoms with van der Waals surface area (Å²) in [4.78, 5) is 32.7. The van der Waals surface area contributed by atoms with Gasteiger partial charge in [-0.15, -0.1) is 11.3 Å². The highest BCUT2D eigenvalue weighted by Crippen LogP contribution is 2.24. The van der Waals surface area contributed by atoms with Crippen LogP contribution in [-0.2, 0) is 17.8 Å². The number of imidazole rings is 1. The third-order valence-corrected chi connectivity index (χ3v) is 5.70. The summed E-state index contributed by atoms with van der Waals surface area (Å²) in [6, 6.07) is 9.74. The van der Waals surface area contributed by atoms with Gasteiger partial charge in [0.25, 0.3) is 5.91 Å². The summed E-state index contributed by atoms with van der Waals surface area (Å²) in [6.07, 6.45) is 4.09. The third kappa shape index (κ3) is 3.77. The molecule has 1 aliphatic rings. The van der Waals surface area contributed by atoms with Gasteiger partial charge in [0.15, 0.2) is 0 Å². The van der Waals surface area contributed by atoms with E-state index in [-0.39, 0.29) is 24.1 Å². The molecule has 0 radical (unpaired) electrons. The third-order valence-electron chi connectivity index (χ3n) is 4.76. The van der Waals surface area contributed by atoms with Gasteiger partial charge in [-0.1, -0.05) is 12.1 Å². The van der Waals surface area contributed by atoms with Gasteiger partial charge >= 0.3 is 0 Å².